The molecule has 0 amide bonds. The number of sulfonamides is 1. The van der Waals surface area contributed by atoms with E-state index < -0.39 is 55.5 Å². The lowest BCUT2D eigenvalue weighted by Crippen LogP contribution is -2.37. The van der Waals surface area contributed by atoms with Gasteiger partial charge in [0.05, 0.1) is 26.2 Å². The minimum Gasteiger partial charge on any atom is -0.497 e. The molecule has 0 saturated heterocycles. The second kappa shape index (κ2) is 18.2. The predicted molar refractivity (Wildman–Crippen MR) is 220 cm³/mol. The van der Waals surface area contributed by atoms with Gasteiger partial charge in [-0.2, -0.15) is 9.40 Å². The van der Waals surface area contributed by atoms with Gasteiger partial charge in [0, 0.05) is 25.4 Å². The summed E-state index contributed by atoms with van der Waals surface area (Å²) in [5.74, 6) is -3.32. The van der Waals surface area contributed by atoms with E-state index >= 15 is 8.78 Å². The Bertz CT molecular complexity index is 2400. The zero-order valence-corrected chi connectivity index (χ0v) is 35.9. The number of hydrogen-bond donors (Lipinski definition) is 1. The van der Waals surface area contributed by atoms with Crippen LogP contribution in [-0.2, 0) is 44.6 Å². The summed E-state index contributed by atoms with van der Waals surface area (Å²) in [6.45, 7) is 11.2. The number of pyridine rings is 1. The van der Waals surface area contributed by atoms with Crippen molar-refractivity contribution in [1.82, 2.24) is 19.1 Å². The summed E-state index contributed by atoms with van der Waals surface area (Å²) in [6.07, 6.45) is 1.30. The van der Waals surface area contributed by atoms with Gasteiger partial charge in [-0.3, -0.25) is 4.79 Å². The van der Waals surface area contributed by atoms with Crippen molar-refractivity contribution in [3.63, 3.8) is 0 Å². The van der Waals surface area contributed by atoms with Crippen molar-refractivity contribution in [2.24, 2.45) is 0 Å². The third-order valence-electron chi connectivity index (χ3n) is 9.43. The van der Waals surface area contributed by atoms with E-state index in [1.807, 2.05) is 13.8 Å². The lowest BCUT2D eigenvalue weighted by Gasteiger charge is -2.26. The third-order valence-corrected chi connectivity index (χ3v) is 11.1. The molecule has 0 spiro atoms. The molecule has 13 nitrogen and oxygen atoms in total. The zero-order chi connectivity index (χ0) is 44.2. The number of aromatic nitrogens is 3. The van der Waals surface area contributed by atoms with Crippen LogP contribution in [0.3, 0.4) is 0 Å². The standard InChI is InChI=1S/C44H50F2N4O9S/c1-27(2)34-21-31(45)22-35(36(34)23-38(51)59-43(3,4)5)30-18-19-47-37(20-30)58-26-44(6,7)50-40(42(52)53)39(46)41(48-50)60(54,55)49(24-28-10-14-32(56-8)15-11-28)25-29-12-16-33(57-9)17-13-29/h10-22,27H,23-26H2,1-9H3,(H,52,53). The van der Waals surface area contributed by atoms with Gasteiger partial charge in [-0.05, 0) is 116 Å². The smallest absolute Gasteiger partial charge is 0.357 e. The van der Waals surface area contributed by atoms with E-state index in [4.69, 9.17) is 18.9 Å². The van der Waals surface area contributed by atoms with Gasteiger partial charge in [0.25, 0.3) is 10.0 Å². The molecule has 5 rings (SSSR count). The highest BCUT2D eigenvalue weighted by atomic mass is 32.2. The summed E-state index contributed by atoms with van der Waals surface area (Å²) in [6, 6.07) is 19.1. The Labute approximate surface area is 348 Å². The molecule has 3 aromatic carbocycles. The van der Waals surface area contributed by atoms with Crippen molar-refractivity contribution in [2.45, 2.75) is 90.1 Å². The molecule has 0 aliphatic carbocycles. The first-order chi connectivity index (χ1) is 28.1. The number of aromatic carboxylic acids is 1. The van der Waals surface area contributed by atoms with E-state index in [0.717, 1.165) is 8.99 Å². The molecule has 0 radical (unpaired) electrons. The molecule has 2 heterocycles. The maximum absolute atomic E-state index is 16.3. The predicted octanol–water partition coefficient (Wildman–Crippen LogP) is 8.15. The molecule has 0 aliphatic heterocycles. The van der Waals surface area contributed by atoms with E-state index in [-0.39, 0.29) is 37.9 Å². The second-order valence-corrected chi connectivity index (χ2v) is 17.9. The molecule has 320 valence electrons. The summed E-state index contributed by atoms with van der Waals surface area (Å²) in [5, 5.41) is 13.3. The average molecular weight is 849 g/mol. The first-order valence-corrected chi connectivity index (χ1v) is 20.5. The highest BCUT2D eigenvalue weighted by Gasteiger charge is 2.40. The number of carbonyl (C=O) groups is 2. The highest BCUT2D eigenvalue weighted by molar-refractivity contribution is 7.89. The second-order valence-electron chi connectivity index (χ2n) is 16.1. The van der Waals surface area contributed by atoms with Crippen LogP contribution >= 0.6 is 0 Å². The van der Waals surface area contributed by atoms with Gasteiger partial charge >= 0.3 is 11.9 Å². The van der Waals surface area contributed by atoms with Gasteiger partial charge in [0.2, 0.25) is 10.9 Å². The number of carboxylic acid groups (broad SMARTS) is 1. The van der Waals surface area contributed by atoms with Crippen molar-refractivity contribution < 1.29 is 50.8 Å². The van der Waals surface area contributed by atoms with Gasteiger partial charge in [0.1, 0.15) is 29.5 Å². The van der Waals surface area contributed by atoms with Gasteiger partial charge < -0.3 is 24.1 Å². The number of ether oxygens (including phenoxy) is 4. The summed E-state index contributed by atoms with van der Waals surface area (Å²) in [5.41, 5.74) is -0.0493. The van der Waals surface area contributed by atoms with Crippen LogP contribution in [-0.4, -0.2) is 71.0 Å². The van der Waals surface area contributed by atoms with E-state index in [2.05, 4.69) is 10.1 Å². The minimum absolute atomic E-state index is 0.0293. The summed E-state index contributed by atoms with van der Waals surface area (Å²) >= 11 is 0. The Morgan fingerprint density at radius 1 is 0.867 bits per heavy atom. The number of carbonyl (C=O) groups excluding carboxylic acids is 1. The quantitative estimate of drug-likeness (QED) is 0.0900. The van der Waals surface area contributed by atoms with Crippen LogP contribution in [0, 0.1) is 11.6 Å². The average Bonchev–Trinajstić information content (AvgIpc) is 3.56. The van der Waals surface area contributed by atoms with Crippen molar-refractivity contribution in [2.75, 3.05) is 20.8 Å². The fourth-order valence-corrected chi connectivity index (χ4v) is 7.89. The number of carboxylic acids is 1. The van der Waals surface area contributed by atoms with Crippen LogP contribution in [0.15, 0.2) is 84.0 Å². The van der Waals surface area contributed by atoms with E-state index in [9.17, 15) is 23.1 Å². The number of hydrogen-bond acceptors (Lipinski definition) is 10. The number of esters is 1. The van der Waals surface area contributed by atoms with E-state index in [0.29, 0.717) is 44.9 Å². The van der Waals surface area contributed by atoms with Gasteiger partial charge in [-0.1, -0.05) is 38.1 Å². The Morgan fingerprint density at radius 3 is 1.93 bits per heavy atom. The lowest BCUT2D eigenvalue weighted by molar-refractivity contribution is -0.153. The van der Waals surface area contributed by atoms with Crippen LogP contribution < -0.4 is 14.2 Å². The highest BCUT2D eigenvalue weighted by Crippen LogP contribution is 2.35. The summed E-state index contributed by atoms with van der Waals surface area (Å²) in [7, 11) is -1.82. The molecule has 2 aromatic heterocycles. The molecule has 0 fully saturated rings. The summed E-state index contributed by atoms with van der Waals surface area (Å²) in [4.78, 5) is 29.9. The van der Waals surface area contributed by atoms with Crippen LogP contribution in [0.1, 0.15) is 87.1 Å². The van der Waals surface area contributed by atoms with Crippen molar-refractivity contribution in [1.29, 1.82) is 0 Å². The molecular formula is C44H50F2N4O9S. The van der Waals surface area contributed by atoms with E-state index in [1.165, 1.54) is 52.5 Å². The molecule has 0 saturated carbocycles. The molecule has 5 aromatic rings. The molecule has 60 heavy (non-hydrogen) atoms. The van der Waals surface area contributed by atoms with Crippen molar-refractivity contribution in [3.05, 3.63) is 119 Å². The number of nitrogens with zero attached hydrogens (tertiary/aromatic N) is 4. The summed E-state index contributed by atoms with van der Waals surface area (Å²) < 4.78 is 84.1. The first-order valence-electron chi connectivity index (χ1n) is 19.0. The molecule has 0 atom stereocenters. The molecule has 0 bridgehead atoms. The largest absolute Gasteiger partial charge is 0.497 e. The van der Waals surface area contributed by atoms with Gasteiger partial charge in [0.15, 0.2) is 11.5 Å². The topological polar surface area (TPSA) is 159 Å². The van der Waals surface area contributed by atoms with Crippen LogP contribution in [0.25, 0.3) is 11.1 Å². The molecule has 16 heteroatoms. The number of rotatable bonds is 17. The Balaban J connectivity index is 1.49. The van der Waals surface area contributed by atoms with Crippen molar-refractivity contribution >= 4 is 22.0 Å². The Hall–Kier alpha value is -5.87. The van der Waals surface area contributed by atoms with Crippen LogP contribution in [0.5, 0.6) is 17.4 Å². The van der Waals surface area contributed by atoms with Gasteiger partial charge in [-0.25, -0.2) is 31.7 Å². The van der Waals surface area contributed by atoms with Crippen LogP contribution in [0.4, 0.5) is 8.78 Å². The van der Waals surface area contributed by atoms with Crippen LogP contribution in [0.2, 0.25) is 0 Å². The molecule has 0 aliphatic rings. The minimum atomic E-state index is -4.81. The normalized spacial score (nSPS) is 12.2. The Morgan fingerprint density at radius 2 is 1.43 bits per heavy atom. The fraction of sp³-hybridized carbons (Fsp3) is 0.364. The van der Waals surface area contributed by atoms with Crippen molar-refractivity contribution in [3.8, 4) is 28.5 Å². The number of methoxy groups -OCH3 is 2. The SMILES string of the molecule is COc1ccc(CN(Cc2ccc(OC)cc2)S(=O)(=O)c2nn(C(C)(C)COc3cc(-c4cc(F)cc(C(C)C)c4CC(=O)OC(C)(C)C)ccn3)c(C(=O)O)c2F)cc1. The number of halogens is 2. The molecule has 0 unspecified atom stereocenters. The van der Waals surface area contributed by atoms with E-state index in [1.54, 1.807) is 75.4 Å². The third kappa shape index (κ3) is 10.6. The Kier molecular flexibility index (Phi) is 13.7. The molecule has 1 N–H and O–H groups in total. The van der Waals surface area contributed by atoms with Gasteiger partial charge in [-0.15, -0.1) is 0 Å². The number of benzene rings is 3. The maximum atomic E-state index is 16.3. The fourth-order valence-electron chi connectivity index (χ4n) is 6.50. The lowest BCUT2D eigenvalue weighted by atomic mass is 9.88. The zero-order valence-electron chi connectivity index (χ0n) is 35.1. The molecular weight excluding hydrogens is 799 g/mol. The monoisotopic (exact) mass is 848 g/mol. The first kappa shape index (κ1) is 45.2. The maximum Gasteiger partial charge on any atom is 0.357 e.